The number of nitrogen functional groups attached to an aromatic ring is 1. The first-order valence-corrected chi connectivity index (χ1v) is 12.7. The summed E-state index contributed by atoms with van der Waals surface area (Å²) in [6.45, 7) is 7.11. The zero-order chi connectivity index (χ0) is 27.8. The third kappa shape index (κ3) is 4.98. The standard InChI is InChI=1S/C29H24BrFN6O2/c1-15(2)28(38)36-19-8-5-17(6-9-19)25-23(24-26(37(25)4)20(30)14-34-27(24)32)18-7-10-22(21(31)13-18)39-29-33-12-11-16(3)35-29/h5-14H,1H2,2-4H3,(H2,32,34)(H,36,38). The molecule has 39 heavy (non-hydrogen) atoms. The van der Waals surface area contributed by atoms with Crippen molar-refractivity contribution in [2.75, 3.05) is 11.1 Å². The number of halogens is 2. The van der Waals surface area contributed by atoms with Crippen LogP contribution in [0.4, 0.5) is 15.9 Å². The van der Waals surface area contributed by atoms with E-state index in [2.05, 4.69) is 42.8 Å². The maximum Gasteiger partial charge on any atom is 0.322 e. The molecule has 8 nitrogen and oxygen atoms in total. The number of benzene rings is 2. The maximum absolute atomic E-state index is 15.4. The van der Waals surface area contributed by atoms with Crippen molar-refractivity contribution >= 4 is 44.2 Å². The highest BCUT2D eigenvalue weighted by Gasteiger charge is 2.24. The SMILES string of the molecule is C=C(C)C(=O)Nc1ccc(-c2c(-c3ccc(Oc4nccc(C)n4)c(F)c3)c3c(N)ncc(Br)c3n2C)cc1. The molecule has 10 heteroatoms. The minimum atomic E-state index is -0.583. The number of amides is 1. The highest BCUT2D eigenvalue weighted by Crippen LogP contribution is 2.45. The minimum absolute atomic E-state index is 0.00368. The molecule has 0 saturated carbocycles. The number of nitrogens with two attached hydrogens (primary N) is 1. The van der Waals surface area contributed by atoms with Crippen LogP contribution in [0.3, 0.4) is 0 Å². The summed E-state index contributed by atoms with van der Waals surface area (Å²) in [5.41, 5.74) is 11.8. The number of carbonyl (C=O) groups excluding carboxylic acids is 1. The minimum Gasteiger partial charge on any atom is -0.421 e. The van der Waals surface area contributed by atoms with Crippen LogP contribution in [-0.2, 0) is 11.8 Å². The van der Waals surface area contributed by atoms with E-state index in [0.29, 0.717) is 39.3 Å². The molecule has 0 radical (unpaired) electrons. The fourth-order valence-electron chi connectivity index (χ4n) is 4.35. The molecule has 2 aromatic carbocycles. The number of nitrogens with one attached hydrogen (secondary N) is 1. The third-order valence-electron chi connectivity index (χ3n) is 6.19. The van der Waals surface area contributed by atoms with Crippen LogP contribution in [0.2, 0.25) is 0 Å². The van der Waals surface area contributed by atoms with Crippen molar-refractivity contribution in [2.45, 2.75) is 13.8 Å². The molecule has 0 aliphatic heterocycles. The van der Waals surface area contributed by atoms with E-state index in [4.69, 9.17) is 10.5 Å². The normalized spacial score (nSPS) is 11.0. The van der Waals surface area contributed by atoms with Crippen LogP contribution >= 0.6 is 15.9 Å². The first-order valence-electron chi connectivity index (χ1n) is 11.9. The number of pyridine rings is 1. The Morgan fingerprint density at radius 3 is 2.51 bits per heavy atom. The van der Waals surface area contributed by atoms with Gasteiger partial charge in [-0.1, -0.05) is 24.8 Å². The molecule has 0 bridgehead atoms. The molecule has 5 aromatic rings. The summed E-state index contributed by atoms with van der Waals surface area (Å²) >= 11 is 3.59. The molecule has 196 valence electrons. The molecule has 0 saturated heterocycles. The second-order valence-corrected chi connectivity index (χ2v) is 9.89. The van der Waals surface area contributed by atoms with Gasteiger partial charge in [-0.25, -0.2) is 19.3 Å². The molecule has 3 heterocycles. The van der Waals surface area contributed by atoms with Crippen LogP contribution < -0.4 is 15.8 Å². The van der Waals surface area contributed by atoms with Crippen molar-refractivity contribution in [1.29, 1.82) is 0 Å². The average molecular weight is 587 g/mol. The quantitative estimate of drug-likeness (QED) is 0.212. The second-order valence-electron chi connectivity index (χ2n) is 9.04. The van der Waals surface area contributed by atoms with Gasteiger partial charge in [0.05, 0.1) is 21.1 Å². The van der Waals surface area contributed by atoms with Crippen molar-refractivity contribution in [3.05, 3.63) is 89.1 Å². The summed E-state index contributed by atoms with van der Waals surface area (Å²) in [7, 11) is 1.91. The molecular weight excluding hydrogens is 563 g/mol. The fraction of sp³-hybridized carbons (Fsp3) is 0.103. The summed E-state index contributed by atoms with van der Waals surface area (Å²) in [4.78, 5) is 24.6. The Bertz CT molecular complexity index is 1760. The Morgan fingerprint density at radius 1 is 1.13 bits per heavy atom. The van der Waals surface area contributed by atoms with Crippen LogP contribution in [0.5, 0.6) is 11.8 Å². The lowest BCUT2D eigenvalue weighted by molar-refractivity contribution is -0.112. The predicted octanol–water partition coefficient (Wildman–Crippen LogP) is 6.80. The van der Waals surface area contributed by atoms with Crippen molar-refractivity contribution in [3.63, 3.8) is 0 Å². The van der Waals surface area contributed by atoms with Gasteiger partial charge in [0.15, 0.2) is 11.6 Å². The molecule has 5 rings (SSSR count). The van der Waals surface area contributed by atoms with Crippen molar-refractivity contribution < 1.29 is 13.9 Å². The van der Waals surface area contributed by atoms with Gasteiger partial charge in [0.1, 0.15) is 5.82 Å². The number of rotatable bonds is 6. The zero-order valence-electron chi connectivity index (χ0n) is 21.4. The zero-order valence-corrected chi connectivity index (χ0v) is 23.0. The number of hydrogen-bond acceptors (Lipinski definition) is 6. The monoisotopic (exact) mass is 586 g/mol. The Kier molecular flexibility index (Phi) is 6.88. The van der Waals surface area contributed by atoms with Crippen LogP contribution in [0, 0.1) is 12.7 Å². The number of fused-ring (bicyclic) bond motifs is 1. The first-order chi connectivity index (χ1) is 18.6. The van der Waals surface area contributed by atoms with E-state index in [1.54, 1.807) is 50.5 Å². The van der Waals surface area contributed by atoms with Crippen molar-refractivity contribution in [2.24, 2.45) is 7.05 Å². The summed E-state index contributed by atoms with van der Waals surface area (Å²) < 4.78 is 23.7. The molecule has 0 aliphatic rings. The van der Waals surface area contributed by atoms with Crippen molar-refractivity contribution in [3.8, 4) is 34.1 Å². The Hall–Kier alpha value is -4.57. The molecule has 0 fully saturated rings. The van der Waals surface area contributed by atoms with Crippen molar-refractivity contribution in [1.82, 2.24) is 19.5 Å². The average Bonchev–Trinajstić information content (AvgIpc) is 3.22. The first kappa shape index (κ1) is 26.1. The Balaban J connectivity index is 1.64. The van der Waals surface area contributed by atoms with Gasteiger partial charge in [0, 0.05) is 42.0 Å². The van der Waals surface area contributed by atoms with Gasteiger partial charge >= 0.3 is 6.01 Å². The van der Waals surface area contributed by atoms with Gasteiger partial charge in [-0.05, 0) is 71.2 Å². The number of ether oxygens (including phenoxy) is 1. The number of aromatic nitrogens is 4. The molecule has 1 amide bonds. The lowest BCUT2D eigenvalue weighted by Crippen LogP contribution is -2.11. The van der Waals surface area contributed by atoms with E-state index in [1.807, 2.05) is 23.7 Å². The highest BCUT2D eigenvalue weighted by atomic mass is 79.9. The molecule has 0 unspecified atom stereocenters. The smallest absolute Gasteiger partial charge is 0.322 e. The molecule has 3 aromatic heterocycles. The van der Waals surface area contributed by atoms with Crippen LogP contribution in [0.25, 0.3) is 33.3 Å². The summed E-state index contributed by atoms with van der Waals surface area (Å²) in [5, 5.41) is 3.48. The molecule has 3 N–H and O–H groups in total. The molecule has 0 aliphatic carbocycles. The van der Waals surface area contributed by atoms with E-state index < -0.39 is 5.82 Å². The Labute approximate surface area is 232 Å². The van der Waals surface area contributed by atoms with Gasteiger partial charge in [-0.3, -0.25) is 4.79 Å². The van der Waals surface area contributed by atoms with E-state index in [-0.39, 0.29) is 17.7 Å². The van der Waals surface area contributed by atoms with Gasteiger partial charge in [-0.2, -0.15) is 0 Å². The molecule has 0 spiro atoms. The van der Waals surface area contributed by atoms with Gasteiger partial charge in [0.25, 0.3) is 5.91 Å². The van der Waals surface area contributed by atoms with Gasteiger partial charge < -0.3 is 20.4 Å². The third-order valence-corrected chi connectivity index (χ3v) is 6.77. The fourth-order valence-corrected chi connectivity index (χ4v) is 4.91. The van der Waals surface area contributed by atoms with Crippen LogP contribution in [0.1, 0.15) is 12.6 Å². The number of carbonyl (C=O) groups is 1. The van der Waals surface area contributed by atoms with Gasteiger partial charge in [-0.15, -0.1) is 0 Å². The van der Waals surface area contributed by atoms with E-state index in [0.717, 1.165) is 21.2 Å². The topological polar surface area (TPSA) is 108 Å². The lowest BCUT2D eigenvalue weighted by atomic mass is 9.98. The number of aryl methyl sites for hydroxylation is 2. The maximum atomic E-state index is 15.4. The Morgan fingerprint density at radius 2 is 1.85 bits per heavy atom. The summed E-state index contributed by atoms with van der Waals surface area (Å²) in [6, 6.07) is 13.8. The second kappa shape index (κ2) is 10.3. The summed E-state index contributed by atoms with van der Waals surface area (Å²) in [5.74, 6) is -0.537. The number of anilines is 2. The van der Waals surface area contributed by atoms with E-state index in [9.17, 15) is 4.79 Å². The van der Waals surface area contributed by atoms with E-state index >= 15 is 4.39 Å². The predicted molar refractivity (Wildman–Crippen MR) is 154 cm³/mol. The van der Waals surface area contributed by atoms with Crippen LogP contribution in [-0.4, -0.2) is 25.4 Å². The lowest BCUT2D eigenvalue weighted by Gasteiger charge is -2.12. The molecular formula is C29H24BrFN6O2. The van der Waals surface area contributed by atoms with Gasteiger partial charge in [0.2, 0.25) is 0 Å². The summed E-state index contributed by atoms with van der Waals surface area (Å²) in [6.07, 6.45) is 3.19. The molecule has 0 atom stereocenters. The van der Waals surface area contributed by atoms with Crippen LogP contribution in [0.15, 0.2) is 77.5 Å². The van der Waals surface area contributed by atoms with E-state index in [1.165, 1.54) is 12.1 Å². The number of hydrogen-bond donors (Lipinski definition) is 2. The largest absolute Gasteiger partial charge is 0.421 e. The highest BCUT2D eigenvalue weighted by molar-refractivity contribution is 9.10. The number of nitrogens with zero attached hydrogens (tertiary/aromatic N) is 4.